The Hall–Kier alpha value is -1.62. The minimum absolute atomic E-state index is 0.0692. The van der Waals surface area contributed by atoms with Crippen molar-refractivity contribution in [2.45, 2.75) is 32.9 Å². The first-order valence-electron chi connectivity index (χ1n) is 6.38. The molecule has 0 amide bonds. The Labute approximate surface area is 112 Å². The average Bonchev–Trinajstić information content (AvgIpc) is 2.38. The van der Waals surface area contributed by atoms with E-state index < -0.39 is 17.9 Å². The molecule has 0 radical (unpaired) electrons. The van der Waals surface area contributed by atoms with Crippen LogP contribution in [0.4, 0.5) is 4.39 Å². The van der Waals surface area contributed by atoms with Crippen molar-refractivity contribution in [3.05, 3.63) is 29.6 Å². The van der Waals surface area contributed by atoms with Crippen LogP contribution in [-0.4, -0.2) is 25.7 Å². The molecule has 1 atom stereocenters. The van der Waals surface area contributed by atoms with Crippen LogP contribution in [0.3, 0.4) is 0 Å². The molecule has 0 aromatic heterocycles. The molecular formula is C14H20FNO3. The molecule has 0 heterocycles. The van der Waals surface area contributed by atoms with Gasteiger partial charge in [-0.05, 0) is 38.1 Å². The molecule has 0 spiro atoms. The van der Waals surface area contributed by atoms with Gasteiger partial charge in [0.1, 0.15) is 0 Å². The van der Waals surface area contributed by atoms with Crippen LogP contribution >= 0.6 is 0 Å². The normalized spacial score (nSPS) is 12.0. The van der Waals surface area contributed by atoms with Gasteiger partial charge in [-0.15, -0.1) is 0 Å². The summed E-state index contributed by atoms with van der Waals surface area (Å²) >= 11 is 0. The smallest absolute Gasteiger partial charge is 0.347 e. The molecule has 4 nitrogen and oxygen atoms in total. The molecule has 1 aromatic rings. The number of esters is 1. The van der Waals surface area contributed by atoms with Crippen LogP contribution in [0.5, 0.6) is 5.75 Å². The molecule has 0 aliphatic heterocycles. The maximum atomic E-state index is 13.8. The van der Waals surface area contributed by atoms with Crippen LogP contribution in [0.2, 0.25) is 0 Å². The summed E-state index contributed by atoms with van der Waals surface area (Å²) in [6, 6.07) is 4.68. The van der Waals surface area contributed by atoms with Gasteiger partial charge in [-0.3, -0.25) is 0 Å². The fourth-order valence-electron chi connectivity index (χ4n) is 1.64. The molecule has 0 aliphatic rings. The van der Waals surface area contributed by atoms with Gasteiger partial charge in [-0.1, -0.05) is 13.0 Å². The number of nitrogens with one attached hydrogen (secondary N) is 1. The van der Waals surface area contributed by atoms with E-state index in [1.807, 2.05) is 0 Å². The zero-order chi connectivity index (χ0) is 14.3. The largest absolute Gasteiger partial charge is 0.476 e. The molecule has 19 heavy (non-hydrogen) atoms. The minimum Gasteiger partial charge on any atom is -0.476 e. The highest BCUT2D eigenvalue weighted by atomic mass is 19.1. The van der Waals surface area contributed by atoms with Crippen LogP contribution in [0.25, 0.3) is 0 Å². The fourth-order valence-corrected chi connectivity index (χ4v) is 1.64. The monoisotopic (exact) mass is 269 g/mol. The highest BCUT2D eigenvalue weighted by Gasteiger charge is 2.21. The summed E-state index contributed by atoms with van der Waals surface area (Å²) < 4.78 is 24.1. The Bertz CT molecular complexity index is 423. The zero-order valence-electron chi connectivity index (χ0n) is 11.5. The minimum atomic E-state index is -0.774. The van der Waals surface area contributed by atoms with Crippen molar-refractivity contribution in [3.8, 4) is 5.75 Å². The van der Waals surface area contributed by atoms with E-state index >= 15 is 0 Å². The second kappa shape index (κ2) is 7.74. The van der Waals surface area contributed by atoms with E-state index in [4.69, 9.17) is 9.47 Å². The summed E-state index contributed by atoms with van der Waals surface area (Å²) in [4.78, 5) is 11.6. The third-order valence-corrected chi connectivity index (χ3v) is 2.57. The molecular weight excluding hydrogens is 249 g/mol. The summed E-state index contributed by atoms with van der Waals surface area (Å²) in [5, 5.41) is 2.94. The number of hydrogen-bond acceptors (Lipinski definition) is 4. The van der Waals surface area contributed by atoms with Crippen LogP contribution in [0.1, 0.15) is 25.8 Å². The summed E-state index contributed by atoms with van der Waals surface area (Å²) in [5.41, 5.74) is 0.816. The van der Waals surface area contributed by atoms with Crippen molar-refractivity contribution >= 4 is 5.97 Å². The zero-order valence-corrected chi connectivity index (χ0v) is 11.5. The van der Waals surface area contributed by atoms with Gasteiger partial charge in [0.2, 0.25) is 0 Å². The predicted molar refractivity (Wildman–Crippen MR) is 70.5 cm³/mol. The van der Waals surface area contributed by atoms with Crippen LogP contribution in [0.15, 0.2) is 18.2 Å². The van der Waals surface area contributed by atoms with Crippen molar-refractivity contribution < 1.29 is 18.7 Å². The van der Waals surface area contributed by atoms with Gasteiger partial charge >= 0.3 is 5.97 Å². The molecule has 1 unspecified atom stereocenters. The fraction of sp³-hybridized carbons (Fsp3) is 0.500. The van der Waals surface area contributed by atoms with Gasteiger partial charge < -0.3 is 14.8 Å². The van der Waals surface area contributed by atoms with Crippen molar-refractivity contribution in [2.75, 3.05) is 13.7 Å². The Morgan fingerprint density at radius 1 is 1.42 bits per heavy atom. The van der Waals surface area contributed by atoms with Gasteiger partial charge in [-0.2, -0.15) is 0 Å². The standard InChI is InChI=1S/C14H20FNO3/c1-4-12(14(17)18-5-2)19-13-7-6-10(9-16-3)8-11(13)15/h6-8,12,16H,4-5,9H2,1-3H3. The van der Waals surface area contributed by atoms with Crippen molar-refractivity contribution in [3.63, 3.8) is 0 Å². The number of halogens is 1. The number of carbonyl (C=O) groups excluding carboxylic acids is 1. The number of ether oxygens (including phenoxy) is 2. The lowest BCUT2D eigenvalue weighted by molar-refractivity contribution is -0.151. The van der Waals surface area contributed by atoms with E-state index in [0.717, 1.165) is 5.56 Å². The highest BCUT2D eigenvalue weighted by molar-refractivity contribution is 5.75. The summed E-state index contributed by atoms with van der Waals surface area (Å²) in [5.74, 6) is -0.876. The lowest BCUT2D eigenvalue weighted by Crippen LogP contribution is -2.29. The number of rotatable bonds is 7. The van der Waals surface area contributed by atoms with Crippen molar-refractivity contribution in [1.82, 2.24) is 5.32 Å². The maximum absolute atomic E-state index is 13.8. The quantitative estimate of drug-likeness (QED) is 0.771. The maximum Gasteiger partial charge on any atom is 0.347 e. The summed E-state index contributed by atoms with van der Waals surface area (Å²) in [6.45, 7) is 4.36. The first-order valence-corrected chi connectivity index (χ1v) is 6.38. The second-order valence-corrected chi connectivity index (χ2v) is 4.06. The van der Waals surface area contributed by atoms with Crippen molar-refractivity contribution in [2.24, 2.45) is 0 Å². The SMILES string of the molecule is CCOC(=O)C(CC)Oc1ccc(CNC)cc1F. The molecule has 1 rings (SSSR count). The molecule has 5 heteroatoms. The van der Waals surface area contributed by atoms with E-state index in [9.17, 15) is 9.18 Å². The summed E-state index contributed by atoms with van der Waals surface area (Å²) in [7, 11) is 1.79. The number of benzene rings is 1. The topological polar surface area (TPSA) is 47.6 Å². The third-order valence-electron chi connectivity index (χ3n) is 2.57. The molecule has 0 saturated heterocycles. The van der Waals surface area contributed by atoms with Crippen LogP contribution < -0.4 is 10.1 Å². The average molecular weight is 269 g/mol. The summed E-state index contributed by atoms with van der Waals surface area (Å²) in [6.07, 6.45) is -0.346. The van der Waals surface area contributed by atoms with Gasteiger partial charge in [0.25, 0.3) is 0 Å². The Kier molecular flexibility index (Phi) is 6.29. The van der Waals surface area contributed by atoms with E-state index in [1.165, 1.54) is 12.1 Å². The van der Waals surface area contributed by atoms with E-state index in [-0.39, 0.29) is 12.4 Å². The molecule has 1 N–H and O–H groups in total. The Morgan fingerprint density at radius 2 is 2.16 bits per heavy atom. The van der Waals surface area contributed by atoms with E-state index in [2.05, 4.69) is 5.32 Å². The highest BCUT2D eigenvalue weighted by Crippen LogP contribution is 2.20. The first kappa shape index (κ1) is 15.4. The van der Waals surface area contributed by atoms with E-state index in [1.54, 1.807) is 27.0 Å². The van der Waals surface area contributed by atoms with Gasteiger partial charge in [0, 0.05) is 6.54 Å². The van der Waals surface area contributed by atoms with Gasteiger partial charge in [-0.25, -0.2) is 9.18 Å². The number of carbonyl (C=O) groups is 1. The molecule has 0 saturated carbocycles. The first-order chi connectivity index (χ1) is 9.12. The van der Waals surface area contributed by atoms with Gasteiger partial charge in [0.05, 0.1) is 6.61 Å². The molecule has 0 bridgehead atoms. The van der Waals surface area contributed by atoms with Crippen molar-refractivity contribution in [1.29, 1.82) is 0 Å². The molecule has 0 fully saturated rings. The van der Waals surface area contributed by atoms with Gasteiger partial charge in [0.15, 0.2) is 17.7 Å². The lowest BCUT2D eigenvalue weighted by Gasteiger charge is -2.16. The van der Waals surface area contributed by atoms with Crippen LogP contribution in [-0.2, 0) is 16.1 Å². The predicted octanol–water partition coefficient (Wildman–Crippen LogP) is 2.27. The van der Waals surface area contributed by atoms with Crippen LogP contribution in [0, 0.1) is 5.82 Å². The van der Waals surface area contributed by atoms with E-state index in [0.29, 0.717) is 13.0 Å². The Balaban J connectivity index is 2.77. The lowest BCUT2D eigenvalue weighted by atomic mass is 10.2. The molecule has 106 valence electrons. The number of hydrogen-bond donors (Lipinski definition) is 1. The molecule has 1 aromatic carbocycles. The third kappa shape index (κ3) is 4.52. The second-order valence-electron chi connectivity index (χ2n) is 4.06. The Morgan fingerprint density at radius 3 is 2.68 bits per heavy atom. The molecule has 0 aliphatic carbocycles.